The molecule has 2 aromatic carbocycles. The van der Waals surface area contributed by atoms with E-state index in [-0.39, 0.29) is 33.0 Å². The van der Waals surface area contributed by atoms with E-state index in [2.05, 4.69) is 5.32 Å². The molecule has 1 atom stereocenters. The molecular formula is C23H25Cl2N3O5S. The molecule has 0 saturated heterocycles. The minimum absolute atomic E-state index is 0.00118. The van der Waals surface area contributed by atoms with E-state index in [1.807, 2.05) is 13.8 Å². The molecule has 1 unspecified atom stereocenters. The number of halogens is 2. The third-order valence-corrected chi connectivity index (χ3v) is 7.93. The normalized spacial score (nSPS) is 15.2. The zero-order valence-corrected chi connectivity index (χ0v) is 21.2. The Balaban J connectivity index is 1.92. The van der Waals surface area contributed by atoms with Gasteiger partial charge in [0.1, 0.15) is 17.5 Å². The van der Waals surface area contributed by atoms with Gasteiger partial charge in [0.05, 0.1) is 5.56 Å². The van der Waals surface area contributed by atoms with E-state index < -0.39 is 40.3 Å². The van der Waals surface area contributed by atoms with E-state index in [1.54, 1.807) is 24.3 Å². The fourth-order valence-electron chi connectivity index (χ4n) is 3.49. The number of hydrogen-bond acceptors (Lipinski definition) is 5. The van der Waals surface area contributed by atoms with Crippen molar-refractivity contribution in [3.05, 3.63) is 63.6 Å². The average molecular weight is 526 g/mol. The molecule has 11 heteroatoms. The lowest BCUT2D eigenvalue weighted by Gasteiger charge is -2.30. The molecule has 1 N–H and O–H groups in total. The van der Waals surface area contributed by atoms with Crippen LogP contribution in [0.1, 0.15) is 36.7 Å². The first kappa shape index (κ1) is 26.0. The molecule has 0 fully saturated rings. The fraction of sp³-hybridized carbons (Fsp3) is 0.348. The van der Waals surface area contributed by atoms with Crippen molar-refractivity contribution in [1.82, 2.24) is 14.5 Å². The molecule has 2 aromatic rings. The molecule has 1 aliphatic rings. The Morgan fingerprint density at radius 1 is 1.03 bits per heavy atom. The van der Waals surface area contributed by atoms with Crippen LogP contribution < -0.4 is 5.32 Å². The summed E-state index contributed by atoms with van der Waals surface area (Å²) >= 11 is 12.6. The first-order chi connectivity index (χ1) is 15.9. The van der Waals surface area contributed by atoms with Crippen molar-refractivity contribution in [3.63, 3.8) is 0 Å². The van der Waals surface area contributed by atoms with Crippen LogP contribution in [-0.2, 0) is 26.2 Å². The Morgan fingerprint density at radius 3 is 2.24 bits per heavy atom. The van der Waals surface area contributed by atoms with Gasteiger partial charge in [-0.25, -0.2) is 12.7 Å². The highest BCUT2D eigenvalue weighted by Gasteiger charge is 2.43. The maximum absolute atomic E-state index is 13.4. The van der Waals surface area contributed by atoms with E-state index in [9.17, 15) is 22.8 Å². The van der Waals surface area contributed by atoms with Gasteiger partial charge in [-0.3, -0.25) is 14.4 Å². The molecule has 0 radical (unpaired) electrons. The van der Waals surface area contributed by atoms with Gasteiger partial charge in [0.2, 0.25) is 11.8 Å². The van der Waals surface area contributed by atoms with Crippen LogP contribution in [0.25, 0.3) is 0 Å². The summed E-state index contributed by atoms with van der Waals surface area (Å²) in [5.74, 6) is -1.78. The summed E-state index contributed by atoms with van der Waals surface area (Å²) in [7, 11) is -4.20. The number of carbonyl (C=O) groups is 3. The summed E-state index contributed by atoms with van der Waals surface area (Å²) in [6.07, 6.45) is 0. The van der Waals surface area contributed by atoms with Gasteiger partial charge in [-0.2, -0.15) is 0 Å². The van der Waals surface area contributed by atoms with Crippen LogP contribution in [0.4, 0.5) is 0 Å². The summed E-state index contributed by atoms with van der Waals surface area (Å²) < 4.78 is 26.4. The quantitative estimate of drug-likeness (QED) is 0.569. The molecule has 3 rings (SSSR count). The van der Waals surface area contributed by atoms with Crippen LogP contribution in [0.5, 0.6) is 0 Å². The van der Waals surface area contributed by atoms with Crippen LogP contribution in [0.2, 0.25) is 10.0 Å². The van der Waals surface area contributed by atoms with Crippen molar-refractivity contribution in [2.75, 3.05) is 13.1 Å². The lowest BCUT2D eigenvalue weighted by atomic mass is 10.1. The predicted molar refractivity (Wildman–Crippen MR) is 129 cm³/mol. The molecule has 34 heavy (non-hydrogen) atoms. The maximum atomic E-state index is 13.4. The number of nitrogens with one attached hydrogen (secondary N) is 1. The lowest BCUT2D eigenvalue weighted by Crippen LogP contribution is -2.51. The Bertz CT molecular complexity index is 1210. The van der Waals surface area contributed by atoms with E-state index in [4.69, 9.17) is 23.2 Å². The highest BCUT2D eigenvalue weighted by atomic mass is 35.5. The van der Waals surface area contributed by atoms with E-state index >= 15 is 0 Å². The Morgan fingerprint density at radius 2 is 1.65 bits per heavy atom. The standard InChI is InChI=1S/C23H25Cl2N3O5S/c1-14(2)11-26-22(30)15(3)27(12-17-18(24)8-6-9-19(17)25)21(29)13-28-23(31)16-7-4-5-10-20(16)34(28,32)33/h4-10,14-15H,11-13H2,1-3H3,(H,26,30). The lowest BCUT2D eigenvalue weighted by molar-refractivity contribution is -0.140. The number of rotatable bonds is 8. The molecule has 0 aliphatic carbocycles. The molecule has 0 aromatic heterocycles. The summed E-state index contributed by atoms with van der Waals surface area (Å²) in [4.78, 5) is 40.0. The largest absolute Gasteiger partial charge is 0.354 e. The molecule has 1 aliphatic heterocycles. The molecule has 0 spiro atoms. The van der Waals surface area contributed by atoms with Crippen LogP contribution in [0.3, 0.4) is 0 Å². The number of benzene rings is 2. The van der Waals surface area contributed by atoms with Gasteiger partial charge in [-0.1, -0.05) is 55.2 Å². The van der Waals surface area contributed by atoms with Crippen molar-refractivity contribution >= 4 is 50.9 Å². The molecule has 8 nitrogen and oxygen atoms in total. The minimum atomic E-state index is -4.20. The van der Waals surface area contributed by atoms with Crippen molar-refractivity contribution in [2.24, 2.45) is 5.92 Å². The molecular weight excluding hydrogens is 501 g/mol. The minimum Gasteiger partial charge on any atom is -0.354 e. The van der Waals surface area contributed by atoms with E-state index in [1.165, 1.54) is 30.0 Å². The smallest absolute Gasteiger partial charge is 0.269 e. The fourth-order valence-corrected chi connectivity index (χ4v) is 5.52. The summed E-state index contributed by atoms with van der Waals surface area (Å²) in [6, 6.07) is 9.61. The van der Waals surface area contributed by atoms with Crippen molar-refractivity contribution in [3.8, 4) is 0 Å². The van der Waals surface area contributed by atoms with Gasteiger partial charge >= 0.3 is 0 Å². The van der Waals surface area contributed by atoms with E-state index in [0.717, 1.165) is 0 Å². The molecule has 0 saturated carbocycles. The maximum Gasteiger partial charge on any atom is 0.269 e. The van der Waals surface area contributed by atoms with Crippen LogP contribution in [-0.4, -0.2) is 54.5 Å². The second-order valence-electron chi connectivity index (χ2n) is 8.35. The molecule has 3 amide bonds. The number of hydrogen-bond donors (Lipinski definition) is 1. The third kappa shape index (κ3) is 5.21. The second kappa shape index (κ2) is 10.3. The zero-order valence-electron chi connectivity index (χ0n) is 18.9. The Kier molecular flexibility index (Phi) is 7.90. The number of amides is 3. The van der Waals surface area contributed by atoms with Gasteiger partial charge in [0.25, 0.3) is 15.9 Å². The first-order valence-corrected chi connectivity index (χ1v) is 12.8. The summed E-state index contributed by atoms with van der Waals surface area (Å²) in [5, 5.41) is 3.35. The van der Waals surface area contributed by atoms with Gasteiger partial charge < -0.3 is 10.2 Å². The molecule has 1 heterocycles. The topological polar surface area (TPSA) is 104 Å². The highest BCUT2D eigenvalue weighted by Crippen LogP contribution is 2.31. The highest BCUT2D eigenvalue weighted by molar-refractivity contribution is 7.90. The average Bonchev–Trinajstić information content (AvgIpc) is 2.97. The molecule has 182 valence electrons. The summed E-state index contributed by atoms with van der Waals surface area (Å²) in [6.45, 7) is 4.86. The number of fused-ring (bicyclic) bond motifs is 1. The van der Waals surface area contributed by atoms with Crippen LogP contribution in [0, 0.1) is 5.92 Å². The second-order valence-corrected chi connectivity index (χ2v) is 11.0. The first-order valence-electron chi connectivity index (χ1n) is 10.6. The van der Waals surface area contributed by atoms with Crippen molar-refractivity contribution < 1.29 is 22.8 Å². The number of sulfonamides is 1. The molecule has 0 bridgehead atoms. The van der Waals surface area contributed by atoms with Gasteiger partial charge in [-0.15, -0.1) is 0 Å². The van der Waals surface area contributed by atoms with Crippen molar-refractivity contribution in [1.29, 1.82) is 0 Å². The van der Waals surface area contributed by atoms with Crippen LogP contribution >= 0.6 is 23.2 Å². The number of carbonyl (C=O) groups excluding carboxylic acids is 3. The van der Waals surface area contributed by atoms with Gasteiger partial charge in [0, 0.05) is 28.7 Å². The SMILES string of the molecule is CC(C)CNC(=O)C(C)N(Cc1c(Cl)cccc1Cl)C(=O)CN1C(=O)c2ccccc2S1(=O)=O. The Labute approximate surface area is 208 Å². The monoisotopic (exact) mass is 525 g/mol. The van der Waals surface area contributed by atoms with Crippen LogP contribution in [0.15, 0.2) is 47.4 Å². The zero-order chi connectivity index (χ0) is 25.2. The Hall–Kier alpha value is -2.62. The predicted octanol–water partition coefficient (Wildman–Crippen LogP) is 3.33. The van der Waals surface area contributed by atoms with Gasteiger partial charge in [-0.05, 0) is 37.1 Å². The third-order valence-electron chi connectivity index (χ3n) is 5.43. The van der Waals surface area contributed by atoms with E-state index in [0.29, 0.717) is 16.4 Å². The van der Waals surface area contributed by atoms with Gasteiger partial charge in [0.15, 0.2) is 0 Å². The van der Waals surface area contributed by atoms with Crippen molar-refractivity contribution in [2.45, 2.75) is 38.3 Å². The summed E-state index contributed by atoms with van der Waals surface area (Å²) in [5.41, 5.74) is 0.403. The number of nitrogens with zero attached hydrogens (tertiary/aromatic N) is 2.